The lowest BCUT2D eigenvalue weighted by atomic mass is 10.1. The number of hydrogen-bond acceptors (Lipinski definition) is 14. The van der Waals surface area contributed by atoms with Gasteiger partial charge in [0.1, 0.15) is 23.0 Å². The van der Waals surface area contributed by atoms with Gasteiger partial charge in [-0.3, -0.25) is 0 Å². The lowest BCUT2D eigenvalue weighted by Crippen LogP contribution is -2.48. The van der Waals surface area contributed by atoms with E-state index in [0.717, 1.165) is 28.1 Å². The van der Waals surface area contributed by atoms with E-state index < -0.39 is 31.8 Å². The number of pyridine rings is 2. The second-order valence-electron chi connectivity index (χ2n) is 15.0. The number of carboxylic acids is 2. The Morgan fingerprint density at radius 1 is 0.652 bits per heavy atom. The van der Waals surface area contributed by atoms with Gasteiger partial charge in [-0.2, -0.15) is 0 Å². The highest BCUT2D eigenvalue weighted by molar-refractivity contribution is 7.90. The van der Waals surface area contributed by atoms with Gasteiger partial charge in [0.25, 0.3) is 10.0 Å². The van der Waals surface area contributed by atoms with E-state index in [1.807, 2.05) is 12.1 Å². The van der Waals surface area contributed by atoms with Crippen LogP contribution in [0.5, 0.6) is 23.0 Å². The maximum atomic E-state index is 12.7. The first-order valence-electron chi connectivity index (χ1n) is 20.1. The van der Waals surface area contributed by atoms with E-state index in [2.05, 4.69) is 24.8 Å². The largest absolute Gasteiger partial charge is 0.477 e. The summed E-state index contributed by atoms with van der Waals surface area (Å²) in [7, 11) is -4.02. The van der Waals surface area contributed by atoms with E-state index in [9.17, 15) is 36.6 Å². The molecule has 0 radical (unpaired) electrons. The number of nitrogens with one attached hydrogen (secondary N) is 3. The average molecular weight is 939 g/mol. The van der Waals surface area contributed by atoms with Crippen molar-refractivity contribution in [2.24, 2.45) is 0 Å². The Morgan fingerprint density at radius 3 is 1.48 bits per heavy atom. The topological polar surface area (TPSA) is 262 Å². The van der Waals surface area contributed by atoms with Gasteiger partial charge in [-0.05, 0) is 84.9 Å². The van der Waals surface area contributed by atoms with Crippen LogP contribution in [0.25, 0.3) is 43.6 Å². The normalized spacial score (nSPS) is 13.5. The van der Waals surface area contributed by atoms with Crippen LogP contribution in [0.15, 0.2) is 107 Å². The summed E-state index contributed by atoms with van der Waals surface area (Å²) in [6.07, 6.45) is 4.12. The van der Waals surface area contributed by atoms with E-state index in [-0.39, 0.29) is 34.4 Å². The molecular formula is C45H42N6O13S2. The molecule has 5 N–H and O–H groups in total. The number of hydrazine groups is 1. The van der Waals surface area contributed by atoms with E-state index in [1.54, 1.807) is 53.5 Å². The number of nitrogens with zero attached hydrogens (tertiary/aromatic N) is 3. The number of morpholine rings is 1. The van der Waals surface area contributed by atoms with Gasteiger partial charge in [0.15, 0.2) is 21.2 Å². The molecule has 0 saturated carbocycles. The van der Waals surface area contributed by atoms with Crippen molar-refractivity contribution in [1.29, 1.82) is 0 Å². The number of benzene rings is 4. The summed E-state index contributed by atoms with van der Waals surface area (Å²) < 4.78 is 76.1. The van der Waals surface area contributed by atoms with Crippen LogP contribution in [-0.2, 0) is 47.3 Å². The third-order valence-electron chi connectivity index (χ3n) is 10.5. The fourth-order valence-electron chi connectivity index (χ4n) is 7.53. The van der Waals surface area contributed by atoms with Crippen molar-refractivity contribution in [1.82, 2.24) is 29.8 Å². The number of aromatic nitrogens is 4. The molecule has 0 unspecified atom stereocenters. The Bertz CT molecular complexity index is 3350. The molecule has 4 aromatic carbocycles. The molecule has 0 aliphatic carbocycles. The molecule has 19 nitrogen and oxygen atoms in total. The van der Waals surface area contributed by atoms with Crippen molar-refractivity contribution in [3.05, 3.63) is 120 Å². The molecule has 21 heteroatoms. The van der Waals surface area contributed by atoms with E-state index in [0.29, 0.717) is 82.2 Å². The minimum Gasteiger partial charge on any atom is -0.477 e. The maximum absolute atomic E-state index is 12.7. The molecule has 8 aromatic rings. The van der Waals surface area contributed by atoms with Crippen molar-refractivity contribution < 1.29 is 60.3 Å². The lowest BCUT2D eigenvalue weighted by molar-refractivity contribution is 0.0272. The van der Waals surface area contributed by atoms with Crippen LogP contribution in [0.3, 0.4) is 0 Å². The van der Waals surface area contributed by atoms with Gasteiger partial charge in [0, 0.05) is 77.3 Å². The highest BCUT2D eigenvalue weighted by Crippen LogP contribution is 2.36. The van der Waals surface area contributed by atoms with E-state index in [4.69, 9.17) is 23.7 Å². The molecule has 5 heterocycles. The Hall–Kier alpha value is -6.98. The minimum atomic E-state index is -3.72. The molecule has 1 aliphatic heterocycles. The molecule has 1 fully saturated rings. The molecule has 342 valence electrons. The van der Waals surface area contributed by atoms with Crippen molar-refractivity contribution in [3.8, 4) is 23.0 Å². The van der Waals surface area contributed by atoms with Gasteiger partial charge in [0.05, 0.1) is 59.6 Å². The zero-order valence-corrected chi connectivity index (χ0v) is 37.2. The molecule has 0 atom stereocenters. The summed E-state index contributed by atoms with van der Waals surface area (Å²) in [6.45, 7) is 2.07. The summed E-state index contributed by atoms with van der Waals surface area (Å²) in [6, 6.07) is 23.0. The molecular weight excluding hydrogens is 897 g/mol. The van der Waals surface area contributed by atoms with Crippen LogP contribution in [0.2, 0.25) is 0 Å². The molecule has 0 spiro atoms. The summed E-state index contributed by atoms with van der Waals surface area (Å²) in [5.74, 6) is -0.313. The number of fused-ring (bicyclic) bond motifs is 6. The van der Waals surface area contributed by atoms with E-state index in [1.165, 1.54) is 50.9 Å². The monoisotopic (exact) mass is 938 g/mol. The second kappa shape index (κ2) is 18.9. The van der Waals surface area contributed by atoms with Gasteiger partial charge >= 0.3 is 11.9 Å². The Kier molecular flexibility index (Phi) is 13.0. The first kappa shape index (κ1) is 45.6. The Balaban J connectivity index is 0.000000182. The van der Waals surface area contributed by atoms with Crippen LogP contribution in [0.1, 0.15) is 32.1 Å². The smallest absolute Gasteiger partial charge is 0.354 e. The molecule has 0 amide bonds. The second-order valence-corrected chi connectivity index (χ2v) is 18.7. The molecule has 1 aliphatic rings. The SMILES string of the molecule is COCc1c(C(=O)O)ncc2[nH]c3ccc(Oc4ccc(S(=O)(=O)NN5CCOCC5)cc4)cc3c12.COCc1c(C(=O)O)ncc2[nH]c3ccc(Oc4ccc(S(C)(=O)=O)cc4)cc3c12. The number of sulfone groups is 1. The molecule has 9 rings (SSSR count). The number of ether oxygens (including phenoxy) is 5. The zero-order valence-electron chi connectivity index (χ0n) is 35.5. The van der Waals surface area contributed by atoms with Crippen molar-refractivity contribution in [2.75, 3.05) is 46.8 Å². The number of aromatic amines is 2. The number of sulfonamides is 1. The Labute approximate surface area is 376 Å². The van der Waals surface area contributed by atoms with Crippen LogP contribution >= 0.6 is 0 Å². The van der Waals surface area contributed by atoms with Gasteiger partial charge in [-0.15, -0.1) is 4.83 Å². The first-order chi connectivity index (χ1) is 31.6. The number of methoxy groups -OCH3 is 2. The number of rotatable bonds is 14. The van der Waals surface area contributed by atoms with Gasteiger partial charge in [-0.1, -0.05) is 0 Å². The summed E-state index contributed by atoms with van der Waals surface area (Å²) >= 11 is 0. The van der Waals surface area contributed by atoms with Gasteiger partial charge < -0.3 is 43.9 Å². The molecule has 1 saturated heterocycles. The predicted molar refractivity (Wildman–Crippen MR) is 241 cm³/mol. The summed E-state index contributed by atoms with van der Waals surface area (Å²) in [4.78, 5) is 40.8. The van der Waals surface area contributed by atoms with E-state index >= 15 is 0 Å². The molecule has 4 aromatic heterocycles. The average Bonchev–Trinajstić information content (AvgIpc) is 3.85. The van der Waals surface area contributed by atoms with Crippen LogP contribution in [-0.4, -0.2) is 111 Å². The molecule has 0 bridgehead atoms. The fraction of sp³-hybridized carbons (Fsp3) is 0.200. The zero-order chi connectivity index (χ0) is 46.8. The van der Waals surface area contributed by atoms with Crippen LogP contribution in [0.4, 0.5) is 0 Å². The van der Waals surface area contributed by atoms with Gasteiger partial charge in [-0.25, -0.2) is 41.4 Å². The minimum absolute atomic E-state index is 0.0621. The summed E-state index contributed by atoms with van der Waals surface area (Å²) in [5, 5.41) is 23.6. The summed E-state index contributed by atoms with van der Waals surface area (Å²) in [5.41, 5.74) is 3.77. The van der Waals surface area contributed by atoms with Crippen LogP contribution in [0, 0.1) is 0 Å². The Morgan fingerprint density at radius 2 is 1.08 bits per heavy atom. The first-order valence-corrected chi connectivity index (χ1v) is 23.4. The quantitative estimate of drug-likeness (QED) is 0.0766. The van der Waals surface area contributed by atoms with Crippen molar-refractivity contribution in [2.45, 2.75) is 23.0 Å². The van der Waals surface area contributed by atoms with Crippen molar-refractivity contribution in [3.63, 3.8) is 0 Å². The predicted octanol–water partition coefficient (Wildman–Crippen LogP) is 6.64. The number of carboxylic acid groups (broad SMARTS) is 2. The van der Waals surface area contributed by atoms with Crippen molar-refractivity contribution >= 4 is 75.4 Å². The third-order valence-corrected chi connectivity index (χ3v) is 13.0. The third kappa shape index (κ3) is 9.67. The number of aromatic carboxylic acids is 2. The number of hydrogen-bond donors (Lipinski definition) is 5. The van der Waals surface area contributed by atoms with Gasteiger partial charge in [0.2, 0.25) is 0 Å². The van der Waals surface area contributed by atoms with Crippen LogP contribution < -0.4 is 14.3 Å². The standard InChI is InChI=1S/C24H24N4O7S.C21H18N2O6S/c1-33-14-19-22-18-12-16(4-7-20(18)26-21(22)13-25-23(19)24(29)30)35-15-2-5-17(6-3-15)36(31,32)27-28-8-10-34-11-9-28;1-28-11-16-19-15-9-13(29-12-3-6-14(7-4-12)30(2,26)27)5-8-17(15)23-18(19)10-22-20(16)21(24)25/h2-7,12-13,26-27H,8-11,14H2,1H3,(H,29,30);3-10,23H,11H2,1-2H3,(H,24,25). The lowest BCUT2D eigenvalue weighted by Gasteiger charge is -2.26. The molecule has 66 heavy (non-hydrogen) atoms. The highest BCUT2D eigenvalue weighted by atomic mass is 32.2. The number of carbonyl (C=O) groups is 2. The maximum Gasteiger partial charge on any atom is 0.354 e. The highest BCUT2D eigenvalue weighted by Gasteiger charge is 2.23. The fourth-order valence-corrected chi connectivity index (χ4v) is 9.29. The number of H-pyrrole nitrogens is 2.